The molecule has 1 saturated heterocycles. The van der Waals surface area contributed by atoms with Crippen LogP contribution in [0, 0.1) is 12.3 Å². The Bertz CT molecular complexity index is 993. The van der Waals surface area contributed by atoms with Crippen LogP contribution < -0.4 is 11.1 Å². The number of oxime groups is 1. The lowest BCUT2D eigenvalue weighted by molar-refractivity contribution is -0.150. The summed E-state index contributed by atoms with van der Waals surface area (Å²) in [6, 6.07) is -0.929. The number of nitrogen functional groups attached to an aromatic ring is 1. The van der Waals surface area contributed by atoms with E-state index in [0.29, 0.717) is 11.3 Å². The predicted molar refractivity (Wildman–Crippen MR) is 108 cm³/mol. The van der Waals surface area contributed by atoms with Gasteiger partial charge in [0.2, 0.25) is 0 Å². The van der Waals surface area contributed by atoms with Gasteiger partial charge in [0.25, 0.3) is 11.8 Å². The monoisotopic (exact) mass is 433 g/mol. The molecule has 1 unspecified atom stereocenters. The van der Waals surface area contributed by atoms with Gasteiger partial charge in [0, 0.05) is 11.1 Å². The minimum Gasteiger partial charge on any atom is -0.477 e. The predicted octanol–water partition coefficient (Wildman–Crippen LogP) is 0.00380. The number of nitrogens with one attached hydrogen (secondary N) is 1. The van der Waals surface area contributed by atoms with Gasteiger partial charge in [-0.2, -0.15) is 0 Å². The standard InChI is InChI=1S/C17H15N5O5S2/c1-3-5-27-21-10(9-7-29-17(18)19-9)13(23)20-11-14(24)22-12(16(25)26)8(4-2)6-28-15(11)22/h1,4,7,11,15H,2,5-6H2,(H2,18,19)(H,20,23)(H,25,26)/t11?,15-/m1/s1. The van der Waals surface area contributed by atoms with Gasteiger partial charge in [0.15, 0.2) is 17.5 Å². The molecule has 1 aromatic heterocycles. The normalized spacial score (nSPS) is 21.0. The number of nitrogens with zero attached hydrogens (tertiary/aromatic N) is 3. The number of hydrogen-bond donors (Lipinski definition) is 3. The van der Waals surface area contributed by atoms with Crippen LogP contribution in [0.1, 0.15) is 5.69 Å². The van der Waals surface area contributed by atoms with Crippen LogP contribution >= 0.6 is 23.1 Å². The van der Waals surface area contributed by atoms with E-state index < -0.39 is 29.2 Å². The largest absolute Gasteiger partial charge is 0.477 e. The van der Waals surface area contributed by atoms with E-state index in [2.05, 4.69) is 28.0 Å². The lowest BCUT2D eigenvalue weighted by Gasteiger charge is -2.49. The van der Waals surface area contributed by atoms with E-state index in [9.17, 15) is 19.5 Å². The van der Waals surface area contributed by atoms with Crippen LogP contribution in [0.15, 0.2) is 34.5 Å². The van der Waals surface area contributed by atoms with Crippen molar-refractivity contribution >= 4 is 51.7 Å². The second kappa shape index (κ2) is 8.38. The molecule has 2 aliphatic rings. The number of thiazole rings is 1. The number of allylic oxidation sites excluding steroid dienone is 1. The quantitative estimate of drug-likeness (QED) is 0.179. The summed E-state index contributed by atoms with van der Waals surface area (Å²) in [5, 5.41) is 16.9. The number of anilines is 1. The van der Waals surface area contributed by atoms with E-state index in [1.807, 2.05) is 0 Å². The molecule has 3 heterocycles. The highest BCUT2D eigenvalue weighted by molar-refractivity contribution is 8.00. The smallest absolute Gasteiger partial charge is 0.352 e. The van der Waals surface area contributed by atoms with Crippen LogP contribution in [-0.2, 0) is 19.2 Å². The Morgan fingerprint density at radius 3 is 2.97 bits per heavy atom. The first kappa shape index (κ1) is 20.4. The van der Waals surface area contributed by atoms with Crippen molar-refractivity contribution in [3.63, 3.8) is 0 Å². The summed E-state index contributed by atoms with van der Waals surface area (Å²) < 4.78 is 0. The number of thioether (sulfide) groups is 1. The van der Waals surface area contributed by atoms with Gasteiger partial charge in [0.1, 0.15) is 22.8 Å². The molecule has 2 atom stereocenters. The number of nitrogens with two attached hydrogens (primary N) is 1. The van der Waals surface area contributed by atoms with E-state index in [1.165, 1.54) is 23.2 Å². The van der Waals surface area contributed by atoms with Gasteiger partial charge in [-0.15, -0.1) is 29.5 Å². The summed E-state index contributed by atoms with van der Waals surface area (Å²) in [7, 11) is 0. The number of β-lactam (4-membered cyclic amide) rings is 1. The maximum Gasteiger partial charge on any atom is 0.352 e. The first-order chi connectivity index (χ1) is 13.9. The molecule has 4 N–H and O–H groups in total. The molecule has 2 amide bonds. The number of aromatic nitrogens is 1. The fourth-order valence-corrected chi connectivity index (χ4v) is 4.63. The first-order valence-electron chi connectivity index (χ1n) is 8.08. The second-order valence-electron chi connectivity index (χ2n) is 5.73. The molecule has 1 aromatic rings. The summed E-state index contributed by atoms with van der Waals surface area (Å²) in [5.74, 6) is 0.0641. The van der Waals surface area contributed by atoms with Crippen LogP contribution in [0.5, 0.6) is 0 Å². The van der Waals surface area contributed by atoms with E-state index >= 15 is 0 Å². The average Bonchev–Trinajstić information content (AvgIpc) is 3.13. The fraction of sp³-hybridized carbons (Fsp3) is 0.235. The molecule has 0 saturated carbocycles. The number of aliphatic carboxylic acids is 1. The minimum atomic E-state index is -1.23. The molecular weight excluding hydrogens is 418 g/mol. The molecule has 12 heteroatoms. The third kappa shape index (κ3) is 3.82. The van der Waals surface area contributed by atoms with Gasteiger partial charge < -0.3 is 21.0 Å². The highest BCUT2D eigenvalue weighted by atomic mass is 32.2. The number of carbonyl (C=O) groups excluding carboxylic acids is 2. The summed E-state index contributed by atoms with van der Waals surface area (Å²) in [5.41, 5.74) is 5.90. The topological polar surface area (TPSA) is 147 Å². The Labute approximate surface area is 173 Å². The van der Waals surface area contributed by atoms with E-state index in [4.69, 9.17) is 17.0 Å². The molecule has 29 heavy (non-hydrogen) atoms. The lowest BCUT2D eigenvalue weighted by Crippen LogP contribution is -2.71. The van der Waals surface area contributed by atoms with Gasteiger partial charge in [-0.1, -0.05) is 23.7 Å². The zero-order chi connectivity index (χ0) is 21.1. The van der Waals surface area contributed by atoms with Gasteiger partial charge >= 0.3 is 5.97 Å². The van der Waals surface area contributed by atoms with Crippen LogP contribution in [-0.4, -0.2) is 62.3 Å². The summed E-state index contributed by atoms with van der Waals surface area (Å²) in [4.78, 5) is 46.9. The number of amides is 2. The fourth-order valence-electron chi connectivity index (χ4n) is 2.74. The molecule has 0 radical (unpaired) electrons. The van der Waals surface area contributed by atoms with Gasteiger partial charge in [-0.05, 0) is 5.57 Å². The van der Waals surface area contributed by atoms with E-state index in [0.717, 1.165) is 16.2 Å². The van der Waals surface area contributed by atoms with Crippen molar-refractivity contribution < 1.29 is 24.3 Å². The Morgan fingerprint density at radius 2 is 2.38 bits per heavy atom. The molecule has 150 valence electrons. The Hall–Kier alpha value is -3.30. The first-order valence-corrected chi connectivity index (χ1v) is 10.0. The van der Waals surface area contributed by atoms with E-state index in [1.54, 1.807) is 0 Å². The summed E-state index contributed by atoms with van der Waals surface area (Å²) in [6.45, 7) is 3.42. The van der Waals surface area contributed by atoms with Crippen molar-refractivity contribution in [3.8, 4) is 12.3 Å². The van der Waals surface area contributed by atoms with Crippen molar-refractivity contribution in [2.45, 2.75) is 11.4 Å². The van der Waals surface area contributed by atoms with Crippen molar-refractivity contribution in [2.24, 2.45) is 5.16 Å². The maximum atomic E-state index is 12.7. The molecule has 3 rings (SSSR count). The van der Waals surface area contributed by atoms with Crippen LogP contribution in [0.4, 0.5) is 5.13 Å². The number of carboxylic acid groups (broad SMARTS) is 1. The highest BCUT2D eigenvalue weighted by Crippen LogP contribution is 2.40. The van der Waals surface area contributed by atoms with Crippen molar-refractivity contribution in [1.29, 1.82) is 0 Å². The number of terminal acetylenes is 1. The Morgan fingerprint density at radius 1 is 1.62 bits per heavy atom. The molecule has 0 spiro atoms. The maximum absolute atomic E-state index is 12.7. The average molecular weight is 433 g/mol. The van der Waals surface area contributed by atoms with Crippen LogP contribution in [0.25, 0.3) is 0 Å². The van der Waals surface area contributed by atoms with Crippen molar-refractivity contribution in [2.75, 3.05) is 18.1 Å². The van der Waals surface area contributed by atoms with Gasteiger partial charge in [-0.3, -0.25) is 14.5 Å². The Balaban J connectivity index is 1.80. The van der Waals surface area contributed by atoms with Crippen LogP contribution in [0.3, 0.4) is 0 Å². The van der Waals surface area contributed by atoms with E-state index in [-0.39, 0.29) is 28.8 Å². The van der Waals surface area contributed by atoms with Crippen LogP contribution in [0.2, 0.25) is 0 Å². The Kier molecular flexibility index (Phi) is 5.90. The molecule has 0 aromatic carbocycles. The third-order valence-corrected chi connectivity index (χ3v) is 5.99. The molecule has 0 bridgehead atoms. The molecular formula is C17H15N5O5S2. The molecule has 0 aliphatic carbocycles. The highest BCUT2D eigenvalue weighted by Gasteiger charge is 2.54. The zero-order valence-corrected chi connectivity index (χ0v) is 16.5. The molecule has 2 aliphatic heterocycles. The van der Waals surface area contributed by atoms with Gasteiger partial charge in [0.05, 0.1) is 0 Å². The SMILES string of the molecule is C#CCON=C(C(=O)NC1C(=O)N2C(C(=O)O)=C(C=C)CS[C@H]12)c1csc(N)n1. The zero-order valence-electron chi connectivity index (χ0n) is 14.8. The molecule has 1 fully saturated rings. The summed E-state index contributed by atoms with van der Waals surface area (Å²) in [6.07, 6.45) is 6.51. The number of carboxylic acids is 1. The number of carbonyl (C=O) groups is 3. The number of rotatable bonds is 7. The number of fused-ring (bicyclic) bond motifs is 1. The third-order valence-electron chi connectivity index (χ3n) is 4.02. The lowest BCUT2D eigenvalue weighted by atomic mass is 10.0. The number of hydrogen-bond acceptors (Lipinski definition) is 9. The minimum absolute atomic E-state index is 0.127. The van der Waals surface area contributed by atoms with Crippen molar-refractivity contribution in [1.82, 2.24) is 15.2 Å². The molecule has 10 nitrogen and oxygen atoms in total. The second-order valence-corrected chi connectivity index (χ2v) is 7.73. The summed E-state index contributed by atoms with van der Waals surface area (Å²) >= 11 is 2.42. The van der Waals surface area contributed by atoms with Gasteiger partial charge in [-0.25, -0.2) is 9.78 Å². The van der Waals surface area contributed by atoms with Crippen molar-refractivity contribution in [3.05, 3.63) is 35.0 Å².